The van der Waals surface area contributed by atoms with Crippen molar-refractivity contribution in [3.05, 3.63) is 83.3 Å². The van der Waals surface area contributed by atoms with Crippen LogP contribution < -0.4 is 10.6 Å². The van der Waals surface area contributed by atoms with Crippen LogP contribution in [0.5, 0.6) is 0 Å². The molecule has 2 aromatic carbocycles. The quantitative estimate of drug-likeness (QED) is 0.537. The van der Waals surface area contributed by atoms with Crippen LogP contribution in [0.4, 0.5) is 0 Å². The highest BCUT2D eigenvalue weighted by Gasteiger charge is 2.21. The van der Waals surface area contributed by atoms with Gasteiger partial charge in [-0.25, -0.2) is 0 Å². The molecule has 3 aromatic rings. The van der Waals surface area contributed by atoms with E-state index in [1.807, 2.05) is 24.3 Å². The van der Waals surface area contributed by atoms with Crippen molar-refractivity contribution < 1.29 is 4.79 Å². The topological polar surface area (TPSA) is 46.1 Å². The van der Waals surface area contributed by atoms with Crippen LogP contribution in [0.2, 0.25) is 0 Å². The number of hydrogen-bond acceptors (Lipinski definition) is 2. The molecule has 0 unspecified atom stereocenters. The Balaban J connectivity index is 1.69. The first kappa shape index (κ1) is 17.2. The average molecular weight is 373 g/mol. The molecule has 27 heavy (non-hydrogen) atoms. The third kappa shape index (κ3) is 3.29. The second kappa shape index (κ2) is 6.85. The number of aryl methyl sites for hydroxylation is 1. The van der Waals surface area contributed by atoms with Gasteiger partial charge in [-0.05, 0) is 67.0 Å². The van der Waals surface area contributed by atoms with Gasteiger partial charge >= 0.3 is 0 Å². The molecule has 134 valence electrons. The Bertz CT molecular complexity index is 1060. The van der Waals surface area contributed by atoms with Crippen molar-refractivity contribution in [1.29, 1.82) is 0 Å². The highest BCUT2D eigenvalue weighted by molar-refractivity contribution is 7.80. The van der Waals surface area contributed by atoms with Gasteiger partial charge in [-0.3, -0.25) is 10.1 Å². The summed E-state index contributed by atoms with van der Waals surface area (Å²) in [6, 6.07) is 20.9. The lowest BCUT2D eigenvalue weighted by Gasteiger charge is -2.11. The first-order valence-corrected chi connectivity index (χ1v) is 9.12. The van der Waals surface area contributed by atoms with Crippen LogP contribution in [0.25, 0.3) is 22.9 Å². The zero-order valence-corrected chi connectivity index (χ0v) is 15.9. The van der Waals surface area contributed by atoms with Gasteiger partial charge in [0, 0.05) is 17.1 Å². The Morgan fingerprint density at radius 2 is 1.59 bits per heavy atom. The van der Waals surface area contributed by atoms with E-state index in [9.17, 15) is 4.79 Å². The number of thiocarbonyl (C=S) groups is 1. The number of rotatable bonds is 3. The number of benzene rings is 2. The van der Waals surface area contributed by atoms with Gasteiger partial charge < -0.3 is 9.88 Å². The fourth-order valence-corrected chi connectivity index (χ4v) is 3.61. The molecule has 1 fully saturated rings. The van der Waals surface area contributed by atoms with E-state index in [0.717, 1.165) is 22.6 Å². The van der Waals surface area contributed by atoms with E-state index in [-0.39, 0.29) is 5.91 Å². The van der Waals surface area contributed by atoms with E-state index >= 15 is 0 Å². The van der Waals surface area contributed by atoms with Crippen molar-refractivity contribution in [1.82, 2.24) is 15.2 Å². The summed E-state index contributed by atoms with van der Waals surface area (Å²) in [6.07, 6.45) is 1.84. The van der Waals surface area contributed by atoms with Gasteiger partial charge in [0.15, 0.2) is 5.11 Å². The molecule has 5 heteroatoms. The maximum atomic E-state index is 11.9. The number of hydrogen-bond donors (Lipinski definition) is 2. The number of carbonyl (C=O) groups excluding carboxylic acids is 1. The molecule has 1 aliphatic heterocycles. The molecule has 1 aromatic heterocycles. The molecule has 2 heterocycles. The summed E-state index contributed by atoms with van der Waals surface area (Å²) in [5.41, 5.74) is 7.11. The van der Waals surface area contributed by atoms with Gasteiger partial charge in [0.1, 0.15) is 5.70 Å². The molecule has 0 aliphatic carbocycles. The van der Waals surface area contributed by atoms with E-state index in [2.05, 4.69) is 71.5 Å². The Morgan fingerprint density at radius 3 is 2.22 bits per heavy atom. The third-order valence-electron chi connectivity index (χ3n) is 4.72. The Hall–Kier alpha value is -3.18. The standard InChI is InChI=1S/C22H19N3OS/c1-14-12-18(13-20-21(26)24-22(27)23-20)15(2)25(14)19-10-8-17(9-11-19)16-6-4-3-5-7-16/h3-13H,1-2H3,(H2,23,24,26,27). The summed E-state index contributed by atoms with van der Waals surface area (Å²) in [5.74, 6) is -0.197. The fraction of sp³-hybridized carbons (Fsp3) is 0.0909. The zero-order chi connectivity index (χ0) is 19.0. The molecule has 4 rings (SSSR count). The predicted molar refractivity (Wildman–Crippen MR) is 113 cm³/mol. The minimum atomic E-state index is -0.197. The lowest BCUT2D eigenvalue weighted by atomic mass is 10.1. The Labute approximate surface area is 163 Å². The van der Waals surface area contributed by atoms with Gasteiger partial charge in [0.2, 0.25) is 0 Å². The van der Waals surface area contributed by atoms with E-state index in [1.54, 1.807) is 0 Å². The normalized spacial score (nSPS) is 15.1. The third-order valence-corrected chi connectivity index (χ3v) is 4.93. The lowest BCUT2D eigenvalue weighted by Crippen LogP contribution is -2.21. The van der Waals surface area contributed by atoms with Crippen LogP contribution in [0.15, 0.2) is 66.4 Å². The lowest BCUT2D eigenvalue weighted by molar-refractivity contribution is -0.115. The smallest absolute Gasteiger partial charge is 0.273 e. The SMILES string of the molecule is Cc1cc(C=C2NC(=S)NC2=O)c(C)n1-c1ccc(-c2ccccc2)cc1. The predicted octanol–water partition coefficient (Wildman–Crippen LogP) is 4.11. The molecular weight excluding hydrogens is 354 g/mol. The summed E-state index contributed by atoms with van der Waals surface area (Å²) in [5, 5.41) is 5.83. The molecule has 0 saturated carbocycles. The fourth-order valence-electron chi connectivity index (χ4n) is 3.40. The van der Waals surface area contributed by atoms with Crippen molar-refractivity contribution in [2.75, 3.05) is 0 Å². The highest BCUT2D eigenvalue weighted by atomic mass is 32.1. The van der Waals surface area contributed by atoms with E-state index in [1.165, 1.54) is 11.1 Å². The second-order valence-electron chi connectivity index (χ2n) is 6.54. The summed E-state index contributed by atoms with van der Waals surface area (Å²) < 4.78 is 2.19. The summed E-state index contributed by atoms with van der Waals surface area (Å²) in [7, 11) is 0. The number of nitrogens with one attached hydrogen (secondary N) is 2. The van der Waals surface area contributed by atoms with Crippen molar-refractivity contribution in [2.24, 2.45) is 0 Å². The minimum Gasteiger partial charge on any atom is -0.328 e. The van der Waals surface area contributed by atoms with Crippen molar-refractivity contribution in [3.63, 3.8) is 0 Å². The van der Waals surface area contributed by atoms with Crippen LogP contribution in [0, 0.1) is 13.8 Å². The summed E-state index contributed by atoms with van der Waals surface area (Å²) >= 11 is 4.99. The molecule has 0 bridgehead atoms. The van der Waals surface area contributed by atoms with Crippen molar-refractivity contribution in [2.45, 2.75) is 13.8 Å². The van der Waals surface area contributed by atoms with Crippen LogP contribution in [0.1, 0.15) is 17.0 Å². The van der Waals surface area contributed by atoms with Crippen LogP contribution in [0.3, 0.4) is 0 Å². The Morgan fingerprint density at radius 1 is 0.926 bits per heavy atom. The molecule has 0 spiro atoms. The molecule has 0 radical (unpaired) electrons. The van der Waals surface area contributed by atoms with Gasteiger partial charge in [-0.15, -0.1) is 0 Å². The van der Waals surface area contributed by atoms with E-state index in [4.69, 9.17) is 12.2 Å². The highest BCUT2D eigenvalue weighted by Crippen LogP contribution is 2.25. The number of amides is 1. The van der Waals surface area contributed by atoms with Crippen LogP contribution >= 0.6 is 12.2 Å². The molecule has 1 saturated heterocycles. The molecular formula is C22H19N3OS. The van der Waals surface area contributed by atoms with Gasteiger partial charge in [0.25, 0.3) is 5.91 Å². The summed E-state index contributed by atoms with van der Waals surface area (Å²) in [4.78, 5) is 11.9. The molecule has 0 atom stereocenters. The van der Waals surface area contributed by atoms with Gasteiger partial charge in [0.05, 0.1) is 0 Å². The van der Waals surface area contributed by atoms with Crippen LogP contribution in [-0.4, -0.2) is 15.6 Å². The van der Waals surface area contributed by atoms with E-state index < -0.39 is 0 Å². The maximum Gasteiger partial charge on any atom is 0.273 e. The first-order valence-electron chi connectivity index (χ1n) is 8.72. The minimum absolute atomic E-state index is 0.197. The molecule has 4 nitrogen and oxygen atoms in total. The Kier molecular flexibility index (Phi) is 4.38. The van der Waals surface area contributed by atoms with Gasteiger partial charge in [-0.2, -0.15) is 0 Å². The number of nitrogens with zero attached hydrogens (tertiary/aromatic N) is 1. The monoisotopic (exact) mass is 373 g/mol. The largest absolute Gasteiger partial charge is 0.328 e. The number of carbonyl (C=O) groups is 1. The summed E-state index contributed by atoms with van der Waals surface area (Å²) in [6.45, 7) is 4.11. The number of aromatic nitrogens is 1. The van der Waals surface area contributed by atoms with E-state index in [0.29, 0.717) is 10.8 Å². The second-order valence-corrected chi connectivity index (χ2v) is 6.95. The molecule has 1 aliphatic rings. The van der Waals surface area contributed by atoms with Crippen molar-refractivity contribution in [3.8, 4) is 16.8 Å². The van der Waals surface area contributed by atoms with Crippen LogP contribution in [-0.2, 0) is 4.79 Å². The van der Waals surface area contributed by atoms with Gasteiger partial charge in [-0.1, -0.05) is 42.5 Å². The zero-order valence-electron chi connectivity index (χ0n) is 15.1. The molecule has 2 N–H and O–H groups in total. The average Bonchev–Trinajstić information content (AvgIpc) is 3.13. The first-order chi connectivity index (χ1) is 13.0. The molecule has 1 amide bonds. The maximum absolute atomic E-state index is 11.9. The van der Waals surface area contributed by atoms with Crippen molar-refractivity contribution >= 4 is 29.3 Å².